The van der Waals surface area contributed by atoms with Crippen LogP contribution in [0.15, 0.2) is 18.2 Å². The molecule has 0 fully saturated rings. The maximum absolute atomic E-state index is 12.7. The quantitative estimate of drug-likeness (QED) is 0.445. The summed E-state index contributed by atoms with van der Waals surface area (Å²) in [5, 5.41) is 2.37. The lowest BCUT2D eigenvalue weighted by molar-refractivity contribution is -0.143. The van der Waals surface area contributed by atoms with Gasteiger partial charge in [-0.05, 0) is 39.0 Å². The van der Waals surface area contributed by atoms with Crippen LogP contribution in [0.1, 0.15) is 43.9 Å². The molecule has 0 atom stereocenters. The lowest BCUT2D eigenvalue weighted by atomic mass is 10.0. The molecule has 0 radical (unpaired) electrons. The summed E-state index contributed by atoms with van der Waals surface area (Å²) >= 11 is 0. The molecule has 1 amide bonds. The van der Waals surface area contributed by atoms with Crippen molar-refractivity contribution in [2.45, 2.75) is 45.1 Å². The lowest BCUT2D eigenvalue weighted by Gasteiger charge is -2.19. The van der Waals surface area contributed by atoms with E-state index in [9.17, 15) is 31.1 Å². The van der Waals surface area contributed by atoms with Crippen molar-refractivity contribution in [3.05, 3.63) is 34.9 Å². The van der Waals surface area contributed by atoms with E-state index in [1.165, 1.54) is 0 Å². The number of alkyl carbamates (subject to hydrolysis) is 1. The van der Waals surface area contributed by atoms with Gasteiger partial charge in [0, 0.05) is 18.5 Å². The lowest BCUT2D eigenvalue weighted by Crippen LogP contribution is -2.32. The second-order valence-corrected chi connectivity index (χ2v) is 6.28. The smallest absolute Gasteiger partial charge is 0.416 e. The Bertz CT molecular complexity index is 673. The first-order valence-corrected chi connectivity index (χ1v) is 7.44. The van der Waals surface area contributed by atoms with Gasteiger partial charge in [-0.15, -0.1) is 0 Å². The predicted octanol–water partition coefficient (Wildman–Crippen LogP) is 4.99. The molecule has 1 N–H and O–H groups in total. The van der Waals surface area contributed by atoms with Crippen molar-refractivity contribution >= 4 is 6.09 Å². The van der Waals surface area contributed by atoms with Crippen LogP contribution in [0.2, 0.25) is 0 Å². The van der Waals surface area contributed by atoms with Crippen LogP contribution in [0.3, 0.4) is 0 Å². The minimum atomic E-state index is -4.92. The number of hydrogen-bond acceptors (Lipinski definition) is 2. The summed E-state index contributed by atoms with van der Waals surface area (Å²) in [6.07, 6.45) is -10.5. The van der Waals surface area contributed by atoms with Gasteiger partial charge in [-0.2, -0.15) is 26.3 Å². The Balaban J connectivity index is 2.82. The number of amides is 1. The molecule has 0 aliphatic heterocycles. The zero-order valence-electron chi connectivity index (χ0n) is 14.2. The SMILES string of the molecule is CC(C)(C)OC(=O)NCCC#Cc1cc(C(F)(F)F)cc(C(F)(F)F)c1. The van der Waals surface area contributed by atoms with E-state index >= 15 is 0 Å². The molecule has 0 unspecified atom stereocenters. The zero-order chi connectivity index (χ0) is 20.2. The first-order valence-electron chi connectivity index (χ1n) is 7.44. The summed E-state index contributed by atoms with van der Waals surface area (Å²) in [5.41, 5.74) is -3.96. The second kappa shape index (κ2) is 7.89. The van der Waals surface area contributed by atoms with Crippen molar-refractivity contribution in [2.24, 2.45) is 0 Å². The summed E-state index contributed by atoms with van der Waals surface area (Å²) in [4.78, 5) is 11.4. The topological polar surface area (TPSA) is 38.3 Å². The normalized spacial score (nSPS) is 12.2. The van der Waals surface area contributed by atoms with Crippen molar-refractivity contribution in [3.8, 4) is 11.8 Å². The van der Waals surface area contributed by atoms with Gasteiger partial charge in [-0.25, -0.2) is 4.79 Å². The summed E-state index contributed by atoms with van der Waals surface area (Å²) in [7, 11) is 0. The van der Waals surface area contributed by atoms with Gasteiger partial charge in [0.1, 0.15) is 5.60 Å². The Labute approximate surface area is 146 Å². The molecular weight excluding hydrogens is 364 g/mol. The Morgan fingerprint density at radius 1 is 1.00 bits per heavy atom. The highest BCUT2D eigenvalue weighted by atomic mass is 19.4. The Morgan fingerprint density at radius 3 is 1.92 bits per heavy atom. The van der Waals surface area contributed by atoms with Crippen LogP contribution in [0.4, 0.5) is 31.1 Å². The van der Waals surface area contributed by atoms with E-state index in [0.29, 0.717) is 12.1 Å². The highest BCUT2D eigenvalue weighted by Gasteiger charge is 2.36. The molecule has 144 valence electrons. The first-order chi connectivity index (χ1) is 11.7. The van der Waals surface area contributed by atoms with Crippen molar-refractivity contribution in [1.82, 2.24) is 5.32 Å². The van der Waals surface area contributed by atoms with E-state index in [1.54, 1.807) is 20.8 Å². The van der Waals surface area contributed by atoms with Crippen LogP contribution < -0.4 is 5.32 Å². The molecule has 0 bridgehead atoms. The van der Waals surface area contributed by atoms with Gasteiger partial charge in [0.2, 0.25) is 0 Å². The molecule has 0 heterocycles. The van der Waals surface area contributed by atoms with Crippen LogP contribution in [-0.4, -0.2) is 18.2 Å². The van der Waals surface area contributed by atoms with Gasteiger partial charge in [0.25, 0.3) is 0 Å². The number of ether oxygens (including phenoxy) is 1. The highest BCUT2D eigenvalue weighted by Crippen LogP contribution is 2.36. The third-order valence-electron chi connectivity index (χ3n) is 2.74. The molecule has 26 heavy (non-hydrogen) atoms. The number of nitrogens with one attached hydrogen (secondary N) is 1. The number of rotatable bonds is 2. The largest absolute Gasteiger partial charge is 0.444 e. The average molecular weight is 381 g/mol. The number of hydrogen-bond donors (Lipinski definition) is 1. The van der Waals surface area contributed by atoms with Crippen LogP contribution in [-0.2, 0) is 17.1 Å². The molecule has 1 aromatic carbocycles. The van der Waals surface area contributed by atoms with Crippen LogP contribution in [0.5, 0.6) is 0 Å². The molecular formula is C17H17F6NO2. The minimum absolute atomic E-state index is 0.0246. The monoisotopic (exact) mass is 381 g/mol. The first kappa shape index (κ1) is 21.7. The van der Waals surface area contributed by atoms with E-state index in [0.717, 1.165) is 0 Å². The van der Waals surface area contributed by atoms with Gasteiger partial charge >= 0.3 is 18.4 Å². The third-order valence-corrected chi connectivity index (χ3v) is 2.74. The maximum atomic E-state index is 12.7. The molecule has 0 aromatic heterocycles. The molecule has 3 nitrogen and oxygen atoms in total. The summed E-state index contributed by atoms with van der Waals surface area (Å²) in [6.45, 7) is 5.03. The van der Waals surface area contributed by atoms with Crippen LogP contribution in [0, 0.1) is 11.8 Å². The highest BCUT2D eigenvalue weighted by molar-refractivity contribution is 5.67. The summed E-state index contributed by atoms with van der Waals surface area (Å²) < 4.78 is 81.3. The van der Waals surface area contributed by atoms with Gasteiger partial charge in [-0.3, -0.25) is 0 Å². The predicted molar refractivity (Wildman–Crippen MR) is 82.2 cm³/mol. The molecule has 0 spiro atoms. The van der Waals surface area contributed by atoms with Crippen molar-refractivity contribution in [1.29, 1.82) is 0 Å². The van der Waals surface area contributed by atoms with E-state index < -0.39 is 40.7 Å². The molecule has 1 rings (SSSR count). The molecule has 1 aromatic rings. The standard InChI is InChI=1S/C17H17F6NO2/c1-15(2,3)26-14(25)24-7-5-4-6-11-8-12(16(18,19)20)10-13(9-11)17(21,22)23/h8-10H,5,7H2,1-3H3,(H,24,25). The Morgan fingerprint density at radius 2 is 1.50 bits per heavy atom. The Hall–Kier alpha value is -2.37. The van der Waals surface area contributed by atoms with Gasteiger partial charge in [0.15, 0.2) is 0 Å². The zero-order valence-corrected chi connectivity index (χ0v) is 14.2. The van der Waals surface area contributed by atoms with Crippen LogP contribution >= 0.6 is 0 Å². The van der Waals surface area contributed by atoms with Crippen LogP contribution in [0.25, 0.3) is 0 Å². The fraction of sp³-hybridized carbons (Fsp3) is 0.471. The molecule has 0 aliphatic rings. The van der Waals surface area contributed by atoms with Crippen molar-refractivity contribution in [2.75, 3.05) is 6.54 Å². The molecule has 9 heteroatoms. The molecule has 0 saturated carbocycles. The number of carbonyl (C=O) groups is 1. The Kier molecular flexibility index (Phi) is 6.58. The fourth-order valence-electron chi connectivity index (χ4n) is 1.73. The van der Waals surface area contributed by atoms with E-state index in [4.69, 9.17) is 4.74 Å². The van der Waals surface area contributed by atoms with E-state index in [1.807, 2.05) is 0 Å². The number of carbonyl (C=O) groups excluding carboxylic acids is 1. The van der Waals surface area contributed by atoms with Crippen molar-refractivity contribution < 1.29 is 35.9 Å². The van der Waals surface area contributed by atoms with Gasteiger partial charge in [-0.1, -0.05) is 11.8 Å². The minimum Gasteiger partial charge on any atom is -0.444 e. The van der Waals surface area contributed by atoms with Gasteiger partial charge < -0.3 is 10.1 Å². The fourth-order valence-corrected chi connectivity index (χ4v) is 1.73. The van der Waals surface area contributed by atoms with E-state index in [-0.39, 0.29) is 19.0 Å². The summed E-state index contributed by atoms with van der Waals surface area (Å²) in [6, 6.07) is 1.13. The number of halogens is 6. The number of benzene rings is 1. The van der Waals surface area contributed by atoms with Gasteiger partial charge in [0.05, 0.1) is 11.1 Å². The third kappa shape index (κ3) is 7.68. The number of alkyl halides is 6. The molecule has 0 aliphatic carbocycles. The van der Waals surface area contributed by atoms with Crippen molar-refractivity contribution in [3.63, 3.8) is 0 Å². The molecule has 0 saturated heterocycles. The maximum Gasteiger partial charge on any atom is 0.416 e. The average Bonchev–Trinajstić information content (AvgIpc) is 2.42. The second-order valence-electron chi connectivity index (χ2n) is 6.28. The summed E-state index contributed by atoms with van der Waals surface area (Å²) in [5.74, 6) is 4.67. The van der Waals surface area contributed by atoms with E-state index in [2.05, 4.69) is 17.2 Å².